The average molecular weight is 472 g/mol. The van der Waals surface area contributed by atoms with Gasteiger partial charge in [-0.25, -0.2) is 0 Å². The fourth-order valence-electron chi connectivity index (χ4n) is 7.66. The van der Waals surface area contributed by atoms with Gasteiger partial charge < -0.3 is 19.9 Å². The number of hydrogen-bond donors (Lipinski definition) is 2. The Hall–Kier alpha value is -1.18. The van der Waals surface area contributed by atoms with Crippen molar-refractivity contribution in [3.8, 4) is 5.75 Å². The highest BCUT2D eigenvalue weighted by molar-refractivity contribution is 5.30. The van der Waals surface area contributed by atoms with E-state index in [0.29, 0.717) is 37.5 Å². The van der Waals surface area contributed by atoms with Crippen molar-refractivity contribution in [2.24, 2.45) is 23.7 Å². The first-order chi connectivity index (χ1) is 16.3. The second-order valence-electron chi connectivity index (χ2n) is 12.4. The highest BCUT2D eigenvalue weighted by Crippen LogP contribution is 2.64. The van der Waals surface area contributed by atoms with Crippen molar-refractivity contribution in [1.82, 2.24) is 5.32 Å². The zero-order chi connectivity index (χ0) is 23.4. The van der Waals surface area contributed by atoms with Gasteiger partial charge in [0.15, 0.2) is 0 Å². The normalized spacial score (nSPS) is 41.0. The van der Waals surface area contributed by atoms with Gasteiger partial charge in [0.05, 0.1) is 5.60 Å². The molecule has 1 aliphatic heterocycles. The molecule has 0 aromatic heterocycles. The van der Waals surface area contributed by atoms with Gasteiger partial charge in [0.2, 0.25) is 11.6 Å². The summed E-state index contributed by atoms with van der Waals surface area (Å²) in [5.41, 5.74) is 0.669. The van der Waals surface area contributed by atoms with E-state index in [1.807, 2.05) is 0 Å². The minimum absolute atomic E-state index is 0.457. The van der Waals surface area contributed by atoms with E-state index in [4.69, 9.17) is 19.2 Å². The summed E-state index contributed by atoms with van der Waals surface area (Å²) in [5, 5.41) is 13.0. The van der Waals surface area contributed by atoms with Crippen molar-refractivity contribution < 1.29 is 24.4 Å². The van der Waals surface area contributed by atoms with Crippen molar-refractivity contribution in [1.29, 1.82) is 0 Å². The Morgan fingerprint density at radius 3 is 2.24 bits per heavy atom. The summed E-state index contributed by atoms with van der Waals surface area (Å²) >= 11 is 0. The molecule has 0 amide bonds. The Morgan fingerprint density at radius 1 is 0.971 bits per heavy atom. The van der Waals surface area contributed by atoms with Crippen LogP contribution in [0.1, 0.15) is 83.1 Å². The van der Waals surface area contributed by atoms with Crippen LogP contribution in [0, 0.1) is 23.7 Å². The lowest BCUT2D eigenvalue weighted by Crippen LogP contribution is -2.59. The summed E-state index contributed by atoms with van der Waals surface area (Å²) in [5.74, 6) is 3.26. The third-order valence-electron chi connectivity index (χ3n) is 9.15. The van der Waals surface area contributed by atoms with Gasteiger partial charge in [-0.1, -0.05) is 12.1 Å². The quantitative estimate of drug-likeness (QED) is 0.435. The van der Waals surface area contributed by atoms with Crippen LogP contribution in [0.4, 0.5) is 0 Å². The second kappa shape index (κ2) is 8.74. The van der Waals surface area contributed by atoms with E-state index in [2.05, 4.69) is 29.6 Å². The largest absolute Gasteiger partial charge is 0.492 e. The van der Waals surface area contributed by atoms with Crippen LogP contribution in [0.25, 0.3) is 0 Å². The highest BCUT2D eigenvalue weighted by atomic mass is 17.3. The molecule has 0 radical (unpaired) electrons. The molecule has 1 heterocycles. The first-order valence-electron chi connectivity index (χ1n) is 13.6. The molecule has 4 bridgehead atoms. The van der Waals surface area contributed by atoms with Gasteiger partial charge in [-0.3, -0.25) is 0 Å². The number of benzene rings is 1. The van der Waals surface area contributed by atoms with E-state index < -0.39 is 17.2 Å². The molecule has 188 valence electrons. The molecule has 1 aromatic carbocycles. The number of nitrogens with one attached hydrogen (secondary N) is 1. The number of hydrogen-bond acceptors (Lipinski definition) is 6. The van der Waals surface area contributed by atoms with Gasteiger partial charge in [0.25, 0.3) is 0 Å². The molecule has 5 aliphatic carbocycles. The van der Waals surface area contributed by atoms with Crippen molar-refractivity contribution >= 4 is 0 Å². The minimum atomic E-state index is -0.697. The molecule has 1 aromatic rings. The van der Waals surface area contributed by atoms with E-state index in [-0.39, 0.29) is 0 Å². The van der Waals surface area contributed by atoms with Gasteiger partial charge in [-0.15, -0.1) is 0 Å². The molecule has 0 unspecified atom stereocenters. The van der Waals surface area contributed by atoms with Crippen LogP contribution in [-0.2, 0) is 14.5 Å². The maximum atomic E-state index is 9.74. The third-order valence-corrected chi connectivity index (χ3v) is 9.15. The van der Waals surface area contributed by atoms with Crippen molar-refractivity contribution in [3.05, 3.63) is 29.8 Å². The SMILES string of the molecule is CC(C)(O)CNCCOc1ccc([C@H]2CC[C@]3(CC2)OO[C@]2(O3)C3CC4CC(C3)CC2C4)cc1. The van der Waals surface area contributed by atoms with Gasteiger partial charge in [-0.2, -0.15) is 9.78 Å². The van der Waals surface area contributed by atoms with Gasteiger partial charge in [0.1, 0.15) is 12.4 Å². The van der Waals surface area contributed by atoms with Crippen LogP contribution in [0.5, 0.6) is 5.75 Å². The van der Waals surface area contributed by atoms with Crippen LogP contribution in [0.15, 0.2) is 24.3 Å². The molecule has 6 aliphatic rings. The van der Waals surface area contributed by atoms with E-state index in [9.17, 15) is 5.11 Å². The molecule has 2 spiro atoms. The van der Waals surface area contributed by atoms with Crippen LogP contribution < -0.4 is 10.1 Å². The zero-order valence-corrected chi connectivity index (χ0v) is 20.8. The second-order valence-corrected chi connectivity index (χ2v) is 12.4. The lowest BCUT2D eigenvalue weighted by atomic mass is 9.53. The average Bonchev–Trinajstić information content (AvgIpc) is 3.17. The molecule has 6 heteroatoms. The molecule has 5 saturated carbocycles. The molecule has 0 atom stereocenters. The summed E-state index contributed by atoms with van der Waals surface area (Å²) in [6.45, 7) is 5.45. The summed E-state index contributed by atoms with van der Waals surface area (Å²) in [4.78, 5) is 12.3. The Bertz CT molecular complexity index is 827. The Labute approximate surface area is 203 Å². The zero-order valence-electron chi connectivity index (χ0n) is 20.8. The smallest absolute Gasteiger partial charge is 0.210 e. The first kappa shape index (κ1) is 23.2. The van der Waals surface area contributed by atoms with E-state index >= 15 is 0 Å². The number of aliphatic hydroxyl groups is 1. The molecule has 34 heavy (non-hydrogen) atoms. The van der Waals surface area contributed by atoms with Gasteiger partial charge in [0, 0.05) is 37.8 Å². The fourth-order valence-corrected chi connectivity index (χ4v) is 7.66. The van der Waals surface area contributed by atoms with Crippen LogP contribution in [0.2, 0.25) is 0 Å². The van der Waals surface area contributed by atoms with Crippen LogP contribution >= 0.6 is 0 Å². The monoisotopic (exact) mass is 471 g/mol. The first-order valence-corrected chi connectivity index (χ1v) is 13.6. The van der Waals surface area contributed by atoms with Gasteiger partial charge in [-0.05, 0) is 94.2 Å². The van der Waals surface area contributed by atoms with Crippen molar-refractivity contribution in [2.75, 3.05) is 19.7 Å². The summed E-state index contributed by atoms with van der Waals surface area (Å²) < 4.78 is 12.7. The van der Waals surface area contributed by atoms with E-state index in [0.717, 1.165) is 43.3 Å². The maximum absolute atomic E-state index is 9.74. The van der Waals surface area contributed by atoms with Crippen molar-refractivity contribution in [3.63, 3.8) is 0 Å². The molecule has 7 rings (SSSR count). The van der Waals surface area contributed by atoms with Crippen LogP contribution in [-0.4, -0.2) is 42.0 Å². The topological polar surface area (TPSA) is 69.2 Å². The number of ether oxygens (including phenoxy) is 2. The molecular weight excluding hydrogens is 430 g/mol. The van der Waals surface area contributed by atoms with E-state index in [1.165, 1.54) is 37.7 Å². The summed E-state index contributed by atoms with van der Waals surface area (Å²) in [6, 6.07) is 8.55. The molecule has 2 N–H and O–H groups in total. The standard InChI is InChI=1S/C28H41NO5/c1-26(2,30)18-29-11-12-31-25-5-3-21(4-6-25)22-7-9-27(10-8-22)32-28(34-33-27)23-14-19-13-20(16-23)17-24(28)15-19/h3-6,19-20,22-24,29-30H,7-18H2,1-2H3/t19?,20?,22-,23?,24?,27+,28-. The Kier molecular flexibility index (Phi) is 5.97. The molecule has 6 fully saturated rings. The Morgan fingerprint density at radius 2 is 1.62 bits per heavy atom. The molecule has 1 saturated heterocycles. The van der Waals surface area contributed by atoms with Gasteiger partial charge >= 0.3 is 0 Å². The Balaban J connectivity index is 0.999. The molecular formula is C28H41NO5. The van der Waals surface area contributed by atoms with E-state index in [1.54, 1.807) is 13.8 Å². The van der Waals surface area contributed by atoms with Crippen LogP contribution in [0.3, 0.4) is 0 Å². The predicted octanol–water partition coefficient (Wildman–Crippen LogP) is 4.91. The highest BCUT2D eigenvalue weighted by Gasteiger charge is 2.66. The lowest BCUT2D eigenvalue weighted by Gasteiger charge is -2.57. The summed E-state index contributed by atoms with van der Waals surface area (Å²) in [6.07, 6.45) is 10.4. The minimum Gasteiger partial charge on any atom is -0.492 e. The lowest BCUT2D eigenvalue weighted by molar-refractivity contribution is -0.390. The molecule has 6 nitrogen and oxygen atoms in total. The fraction of sp³-hybridized carbons (Fsp3) is 0.786. The maximum Gasteiger partial charge on any atom is 0.210 e. The third kappa shape index (κ3) is 4.41. The summed E-state index contributed by atoms with van der Waals surface area (Å²) in [7, 11) is 0. The predicted molar refractivity (Wildman–Crippen MR) is 128 cm³/mol. The van der Waals surface area contributed by atoms with Crippen molar-refractivity contribution in [2.45, 2.75) is 94.7 Å². The number of rotatable bonds is 7.